The Hall–Kier alpha value is -2.45. The first-order chi connectivity index (χ1) is 13.3. The number of carbonyl (C=O) groups excluding carboxylic acids is 3. The molecule has 2 atom stereocenters. The Morgan fingerprint density at radius 2 is 1.71 bits per heavy atom. The van der Waals surface area contributed by atoms with Gasteiger partial charge in [0.05, 0.1) is 12.2 Å². The molecule has 0 spiro atoms. The van der Waals surface area contributed by atoms with Crippen molar-refractivity contribution in [2.75, 3.05) is 13.1 Å². The minimum Gasteiger partial charge on any atom is -0.461 e. The van der Waals surface area contributed by atoms with Crippen LogP contribution in [0.15, 0.2) is 30.3 Å². The second-order valence-electron chi connectivity index (χ2n) is 6.73. The van der Waals surface area contributed by atoms with Crippen molar-refractivity contribution in [3.63, 3.8) is 0 Å². The second-order valence-corrected chi connectivity index (χ2v) is 6.73. The van der Waals surface area contributed by atoms with Gasteiger partial charge in [0.2, 0.25) is 11.8 Å². The Kier molecular flexibility index (Phi) is 10.8. The van der Waals surface area contributed by atoms with E-state index >= 15 is 0 Å². The average Bonchev–Trinajstić information content (AvgIpc) is 2.66. The molecule has 0 radical (unpaired) electrons. The van der Waals surface area contributed by atoms with Crippen LogP contribution in [0.4, 0.5) is 0 Å². The van der Waals surface area contributed by atoms with E-state index in [1.54, 1.807) is 4.90 Å². The number of β-amino-alcohol motifs (C(OH)–C–C–N with tert-alkyl or cyclic N) is 1. The van der Waals surface area contributed by atoms with Gasteiger partial charge in [-0.15, -0.1) is 0 Å². The van der Waals surface area contributed by atoms with Crippen molar-refractivity contribution in [1.29, 1.82) is 0 Å². The molecule has 0 bridgehead atoms. The van der Waals surface area contributed by atoms with E-state index in [2.05, 4.69) is 5.73 Å². The van der Waals surface area contributed by atoms with Gasteiger partial charge >= 0.3 is 5.97 Å². The Morgan fingerprint density at radius 3 is 2.32 bits per heavy atom. The first kappa shape index (κ1) is 23.6. The van der Waals surface area contributed by atoms with Crippen LogP contribution in [-0.4, -0.2) is 58.2 Å². The van der Waals surface area contributed by atoms with Crippen LogP contribution in [0.25, 0.3) is 0 Å². The zero-order chi connectivity index (χ0) is 20.9. The van der Waals surface area contributed by atoms with E-state index in [1.807, 2.05) is 30.3 Å². The molecule has 156 valence electrons. The molecule has 8 heteroatoms. The highest BCUT2D eigenvalue weighted by atomic mass is 16.5. The van der Waals surface area contributed by atoms with Crippen LogP contribution < -0.4 is 5.73 Å². The highest BCUT2D eigenvalue weighted by molar-refractivity contribution is 5.76. The van der Waals surface area contributed by atoms with Gasteiger partial charge in [-0.05, 0) is 24.8 Å². The third kappa shape index (κ3) is 10.0. The third-order valence-corrected chi connectivity index (χ3v) is 4.16. The van der Waals surface area contributed by atoms with E-state index in [-0.39, 0.29) is 30.9 Å². The number of amides is 2. The van der Waals surface area contributed by atoms with Gasteiger partial charge in [-0.2, -0.15) is 0 Å². The molecule has 2 rings (SSSR count). The van der Waals surface area contributed by atoms with Crippen molar-refractivity contribution in [2.45, 2.75) is 57.8 Å². The lowest BCUT2D eigenvalue weighted by molar-refractivity contribution is -0.145. The number of nitrogens with two attached hydrogens (primary N) is 1. The SMILES string of the molecule is CC(N)=O.O=C(CCCCC(=O)N1CCC(O)C(O)C1)OCc1ccccc1. The van der Waals surface area contributed by atoms with Crippen molar-refractivity contribution in [3.05, 3.63) is 35.9 Å². The normalized spacial score (nSPS) is 18.6. The quantitative estimate of drug-likeness (QED) is 0.462. The summed E-state index contributed by atoms with van der Waals surface area (Å²) >= 11 is 0. The number of unbranched alkanes of at least 4 members (excludes halogenated alkanes) is 1. The molecule has 0 saturated carbocycles. The number of piperidine rings is 1. The largest absolute Gasteiger partial charge is 0.461 e. The first-order valence-electron chi connectivity index (χ1n) is 9.39. The number of hydrogen-bond acceptors (Lipinski definition) is 6. The van der Waals surface area contributed by atoms with Crippen LogP contribution >= 0.6 is 0 Å². The lowest BCUT2D eigenvalue weighted by Gasteiger charge is -2.33. The molecule has 0 aromatic heterocycles. The summed E-state index contributed by atoms with van der Waals surface area (Å²) < 4.78 is 5.18. The van der Waals surface area contributed by atoms with Gasteiger partial charge in [0, 0.05) is 32.9 Å². The Balaban J connectivity index is 0.000000892. The minimum atomic E-state index is -0.865. The van der Waals surface area contributed by atoms with Crippen LogP contribution in [0.5, 0.6) is 0 Å². The summed E-state index contributed by atoms with van der Waals surface area (Å²) in [5.74, 6) is -0.638. The van der Waals surface area contributed by atoms with Crippen LogP contribution in [0.1, 0.15) is 44.6 Å². The van der Waals surface area contributed by atoms with Crippen LogP contribution in [0.3, 0.4) is 0 Å². The summed E-state index contributed by atoms with van der Waals surface area (Å²) in [7, 11) is 0. The van der Waals surface area contributed by atoms with E-state index in [9.17, 15) is 24.6 Å². The van der Waals surface area contributed by atoms with Gasteiger partial charge in [-0.1, -0.05) is 30.3 Å². The molecule has 1 aromatic carbocycles. The number of aliphatic hydroxyl groups is 2. The van der Waals surface area contributed by atoms with Gasteiger partial charge in [0.25, 0.3) is 0 Å². The van der Waals surface area contributed by atoms with Gasteiger partial charge in [0.1, 0.15) is 6.61 Å². The lowest BCUT2D eigenvalue weighted by Crippen LogP contribution is -2.48. The highest BCUT2D eigenvalue weighted by Gasteiger charge is 2.28. The van der Waals surface area contributed by atoms with E-state index in [0.29, 0.717) is 38.6 Å². The van der Waals surface area contributed by atoms with Crippen LogP contribution in [-0.2, 0) is 25.7 Å². The number of primary amides is 1. The lowest BCUT2D eigenvalue weighted by atomic mass is 10.0. The number of likely N-dealkylation sites (tertiary alicyclic amines) is 1. The molecule has 2 amide bonds. The molecular weight excluding hydrogens is 364 g/mol. The Labute approximate surface area is 165 Å². The fraction of sp³-hybridized carbons (Fsp3) is 0.550. The number of rotatable bonds is 7. The van der Waals surface area contributed by atoms with Crippen LogP contribution in [0, 0.1) is 0 Å². The number of aliphatic hydroxyl groups excluding tert-OH is 2. The number of nitrogens with zero attached hydrogens (tertiary/aromatic N) is 1. The highest BCUT2D eigenvalue weighted by Crippen LogP contribution is 2.13. The number of hydrogen-bond donors (Lipinski definition) is 3. The van der Waals surface area contributed by atoms with Gasteiger partial charge < -0.3 is 25.6 Å². The van der Waals surface area contributed by atoms with E-state index in [4.69, 9.17) is 4.74 Å². The maximum Gasteiger partial charge on any atom is 0.306 e. The predicted molar refractivity (Wildman–Crippen MR) is 103 cm³/mol. The first-order valence-corrected chi connectivity index (χ1v) is 9.39. The molecule has 4 N–H and O–H groups in total. The van der Waals surface area contributed by atoms with Crippen molar-refractivity contribution >= 4 is 17.8 Å². The Morgan fingerprint density at radius 1 is 1.11 bits per heavy atom. The third-order valence-electron chi connectivity index (χ3n) is 4.16. The fourth-order valence-electron chi connectivity index (χ4n) is 2.66. The summed E-state index contributed by atoms with van der Waals surface area (Å²) in [6.07, 6.45) is 0.631. The van der Waals surface area contributed by atoms with Gasteiger partial charge in [-0.25, -0.2) is 0 Å². The predicted octanol–water partition coefficient (Wildman–Crippen LogP) is 0.736. The Bertz CT molecular complexity index is 618. The molecular formula is C20H30N2O6. The number of benzene rings is 1. The molecule has 1 aliphatic heterocycles. The molecule has 0 aliphatic carbocycles. The monoisotopic (exact) mass is 394 g/mol. The van der Waals surface area contributed by atoms with E-state index in [1.165, 1.54) is 6.92 Å². The summed E-state index contributed by atoms with van der Waals surface area (Å²) in [6.45, 7) is 2.22. The summed E-state index contributed by atoms with van der Waals surface area (Å²) in [6, 6.07) is 9.49. The van der Waals surface area contributed by atoms with Gasteiger partial charge in [0.15, 0.2) is 0 Å². The summed E-state index contributed by atoms with van der Waals surface area (Å²) in [5, 5.41) is 19.0. The minimum absolute atomic E-state index is 0.0430. The van der Waals surface area contributed by atoms with Crippen molar-refractivity contribution < 1.29 is 29.3 Å². The van der Waals surface area contributed by atoms with Crippen molar-refractivity contribution in [2.24, 2.45) is 5.73 Å². The van der Waals surface area contributed by atoms with E-state index in [0.717, 1.165) is 5.56 Å². The fourth-order valence-corrected chi connectivity index (χ4v) is 2.66. The smallest absolute Gasteiger partial charge is 0.306 e. The molecule has 1 heterocycles. The standard InChI is InChI=1S/C18H25NO5.C2H5NO/c20-15-10-11-19(12-16(15)21)17(22)8-4-5-9-18(23)24-13-14-6-2-1-3-7-14;1-2(3)4/h1-3,6-7,15-16,20-21H,4-5,8-13H2;1H3,(H2,3,4). The molecule has 28 heavy (non-hydrogen) atoms. The molecule has 1 aromatic rings. The molecule has 1 aliphatic rings. The summed E-state index contributed by atoms with van der Waals surface area (Å²) in [5.41, 5.74) is 5.42. The van der Waals surface area contributed by atoms with E-state index < -0.39 is 12.2 Å². The molecule has 8 nitrogen and oxygen atoms in total. The maximum atomic E-state index is 12.0. The van der Waals surface area contributed by atoms with Crippen LogP contribution in [0.2, 0.25) is 0 Å². The number of carbonyl (C=O) groups is 3. The number of esters is 1. The topological polar surface area (TPSA) is 130 Å². The zero-order valence-electron chi connectivity index (χ0n) is 16.3. The number of ether oxygens (including phenoxy) is 1. The molecule has 1 saturated heterocycles. The summed E-state index contributed by atoms with van der Waals surface area (Å²) in [4.78, 5) is 34.5. The zero-order valence-corrected chi connectivity index (χ0v) is 16.3. The average molecular weight is 394 g/mol. The molecule has 1 fully saturated rings. The second kappa shape index (κ2) is 12.9. The molecule has 2 unspecified atom stereocenters. The van der Waals surface area contributed by atoms with Crippen molar-refractivity contribution in [3.8, 4) is 0 Å². The van der Waals surface area contributed by atoms with Crippen molar-refractivity contribution in [1.82, 2.24) is 4.90 Å². The maximum absolute atomic E-state index is 12.0. The van der Waals surface area contributed by atoms with Gasteiger partial charge in [-0.3, -0.25) is 14.4 Å².